The molecule has 0 spiro atoms. The first-order chi connectivity index (χ1) is 13.5. The highest BCUT2D eigenvalue weighted by Crippen LogP contribution is 2.39. The molecule has 1 aromatic heterocycles. The number of fused-ring (bicyclic) bond motifs is 3. The summed E-state index contributed by atoms with van der Waals surface area (Å²) in [6, 6.07) is 6.27. The van der Waals surface area contributed by atoms with Crippen molar-refractivity contribution in [1.82, 2.24) is 9.55 Å². The summed E-state index contributed by atoms with van der Waals surface area (Å²) in [6.45, 7) is 3.79. The molecule has 1 atom stereocenters. The summed E-state index contributed by atoms with van der Waals surface area (Å²) in [6.07, 6.45) is 7.41. The van der Waals surface area contributed by atoms with Crippen LogP contribution in [0.1, 0.15) is 41.6 Å². The predicted octanol–water partition coefficient (Wildman–Crippen LogP) is 4.82. The van der Waals surface area contributed by atoms with Crippen molar-refractivity contribution in [1.29, 1.82) is 0 Å². The smallest absolute Gasteiger partial charge is 0.359 e. The molecule has 142 valence electrons. The lowest BCUT2D eigenvalue weighted by Gasteiger charge is -2.21. The average molecular weight is 442 g/mol. The van der Waals surface area contributed by atoms with Gasteiger partial charge in [-0.05, 0) is 38.1 Å². The number of aromatic nitrogens is 2. The van der Waals surface area contributed by atoms with Crippen molar-refractivity contribution in [2.24, 2.45) is 4.99 Å². The van der Waals surface area contributed by atoms with Crippen molar-refractivity contribution in [3.05, 3.63) is 81.6 Å². The Hall–Kier alpha value is -2.80. The zero-order valence-electron chi connectivity index (χ0n) is 15.3. The summed E-state index contributed by atoms with van der Waals surface area (Å²) in [7, 11) is 0. The van der Waals surface area contributed by atoms with E-state index in [2.05, 4.69) is 20.9 Å². The Bertz CT molecular complexity index is 1090. The molecule has 0 saturated carbocycles. The average Bonchev–Trinajstić information content (AvgIpc) is 3.07. The van der Waals surface area contributed by atoms with E-state index in [4.69, 9.17) is 9.73 Å². The lowest BCUT2D eigenvalue weighted by atomic mass is 9.96. The standard InChI is InChI=1S/C21H17BrFN3O2/c1-3-28-21(27)19-20-12(2)25-18(14-6-4-5-7-16(14)23)15-10-13(22)8-9-17(15)26(20)11-24-19/h4-11,17H,3H2,1-2H3. The maximum atomic E-state index is 14.6. The number of imidazole rings is 1. The molecule has 5 nitrogen and oxygen atoms in total. The quantitative estimate of drug-likeness (QED) is 0.641. The van der Waals surface area contributed by atoms with Gasteiger partial charge in [-0.2, -0.15) is 0 Å². The summed E-state index contributed by atoms with van der Waals surface area (Å²) in [5.74, 6) is -0.854. The van der Waals surface area contributed by atoms with Gasteiger partial charge in [0.15, 0.2) is 5.69 Å². The lowest BCUT2D eigenvalue weighted by molar-refractivity contribution is 0.0519. The van der Waals surface area contributed by atoms with E-state index < -0.39 is 5.97 Å². The van der Waals surface area contributed by atoms with E-state index in [0.29, 0.717) is 22.7 Å². The first-order valence-electron chi connectivity index (χ1n) is 8.85. The van der Waals surface area contributed by atoms with Gasteiger partial charge in [0.05, 0.1) is 36.1 Å². The molecule has 0 N–H and O–H groups in total. The molecule has 2 aliphatic rings. The molecule has 2 aromatic rings. The monoisotopic (exact) mass is 441 g/mol. The predicted molar refractivity (Wildman–Crippen MR) is 109 cm³/mol. The largest absolute Gasteiger partial charge is 0.461 e. The number of carbonyl (C=O) groups excluding carboxylic acids is 1. The van der Waals surface area contributed by atoms with Gasteiger partial charge in [-0.1, -0.05) is 34.1 Å². The third kappa shape index (κ3) is 3.05. The number of benzene rings is 1. The van der Waals surface area contributed by atoms with Gasteiger partial charge in [-0.25, -0.2) is 14.2 Å². The molecular formula is C21H17BrFN3O2. The van der Waals surface area contributed by atoms with Crippen LogP contribution in [0.25, 0.3) is 5.70 Å². The Morgan fingerprint density at radius 2 is 2.14 bits per heavy atom. The highest BCUT2D eigenvalue weighted by molar-refractivity contribution is 9.11. The number of carbonyl (C=O) groups is 1. The maximum absolute atomic E-state index is 14.6. The fraction of sp³-hybridized carbons (Fsp3) is 0.190. The molecule has 0 fully saturated rings. The van der Waals surface area contributed by atoms with Crippen LogP contribution in [0.3, 0.4) is 0 Å². The summed E-state index contributed by atoms with van der Waals surface area (Å²) >= 11 is 3.50. The topological polar surface area (TPSA) is 56.5 Å². The zero-order valence-corrected chi connectivity index (χ0v) is 16.9. The van der Waals surface area contributed by atoms with Crippen LogP contribution in [0.5, 0.6) is 0 Å². The number of aliphatic imine (C=N–C) groups is 1. The molecule has 1 aliphatic heterocycles. The molecule has 7 heteroatoms. The number of halogens is 2. The van der Waals surface area contributed by atoms with Crippen molar-refractivity contribution < 1.29 is 13.9 Å². The minimum Gasteiger partial charge on any atom is -0.461 e. The zero-order chi connectivity index (χ0) is 19.8. The van der Waals surface area contributed by atoms with Crippen LogP contribution >= 0.6 is 15.9 Å². The van der Waals surface area contributed by atoms with Gasteiger partial charge >= 0.3 is 5.97 Å². The lowest BCUT2D eigenvalue weighted by Crippen LogP contribution is -2.17. The summed E-state index contributed by atoms with van der Waals surface area (Å²) in [5, 5.41) is 0. The van der Waals surface area contributed by atoms with Crippen LogP contribution < -0.4 is 0 Å². The first kappa shape index (κ1) is 18.6. The molecule has 0 saturated heterocycles. The number of hydrogen-bond acceptors (Lipinski definition) is 4. The van der Waals surface area contributed by atoms with Crippen molar-refractivity contribution in [3.63, 3.8) is 0 Å². The fourth-order valence-corrected chi connectivity index (χ4v) is 3.85. The van der Waals surface area contributed by atoms with Gasteiger partial charge in [0, 0.05) is 15.6 Å². The Morgan fingerprint density at radius 1 is 1.36 bits per heavy atom. The molecule has 2 heterocycles. The Balaban J connectivity index is 1.98. The third-order valence-electron chi connectivity index (χ3n) is 4.64. The highest BCUT2D eigenvalue weighted by Gasteiger charge is 2.31. The van der Waals surface area contributed by atoms with E-state index >= 15 is 0 Å². The number of rotatable bonds is 3. The second-order valence-corrected chi connectivity index (χ2v) is 7.30. The molecule has 0 radical (unpaired) electrons. The Kier molecular flexibility index (Phi) is 4.85. The minimum absolute atomic E-state index is 0.208. The van der Waals surface area contributed by atoms with Crippen LogP contribution in [-0.4, -0.2) is 27.8 Å². The second kappa shape index (κ2) is 7.31. The van der Waals surface area contributed by atoms with Crippen molar-refractivity contribution in [2.45, 2.75) is 19.9 Å². The number of allylic oxidation sites excluding steroid dienone is 5. The minimum atomic E-state index is -0.502. The van der Waals surface area contributed by atoms with Gasteiger partial charge in [0.2, 0.25) is 0 Å². The van der Waals surface area contributed by atoms with E-state index in [-0.39, 0.29) is 24.2 Å². The van der Waals surface area contributed by atoms with Crippen molar-refractivity contribution in [2.75, 3.05) is 6.61 Å². The van der Waals surface area contributed by atoms with E-state index in [1.54, 1.807) is 38.4 Å². The number of ether oxygens (including phenoxy) is 1. The summed E-state index contributed by atoms with van der Waals surface area (Å²) in [4.78, 5) is 21.4. The van der Waals surface area contributed by atoms with Crippen LogP contribution in [0.15, 0.2) is 63.9 Å². The first-order valence-corrected chi connectivity index (χ1v) is 9.64. The van der Waals surface area contributed by atoms with Crippen LogP contribution in [0.2, 0.25) is 0 Å². The Morgan fingerprint density at radius 3 is 2.89 bits per heavy atom. The SMILES string of the molecule is CCOC(=O)c1ncn2c1C(C)=NC(c1ccccc1F)=C1C=C(Br)C=CC12. The summed E-state index contributed by atoms with van der Waals surface area (Å²) < 4.78 is 22.5. The molecule has 0 bridgehead atoms. The second-order valence-electron chi connectivity index (χ2n) is 6.38. The molecule has 1 unspecified atom stereocenters. The molecule has 1 aromatic carbocycles. The van der Waals surface area contributed by atoms with E-state index in [1.807, 2.05) is 22.8 Å². The Labute approximate surface area is 170 Å². The maximum Gasteiger partial charge on any atom is 0.359 e. The molecule has 1 aliphatic carbocycles. The molecular weight excluding hydrogens is 425 g/mol. The summed E-state index contributed by atoms with van der Waals surface area (Å²) in [5.41, 5.74) is 3.09. The molecule has 0 amide bonds. The van der Waals surface area contributed by atoms with E-state index in [1.165, 1.54) is 6.07 Å². The van der Waals surface area contributed by atoms with Gasteiger partial charge in [-0.15, -0.1) is 0 Å². The molecule has 4 rings (SSSR count). The van der Waals surface area contributed by atoms with Crippen molar-refractivity contribution in [3.8, 4) is 0 Å². The van der Waals surface area contributed by atoms with Gasteiger partial charge in [0.1, 0.15) is 5.82 Å². The fourth-order valence-electron chi connectivity index (χ4n) is 3.45. The number of esters is 1. The van der Waals surface area contributed by atoms with Crippen LogP contribution in [0.4, 0.5) is 4.39 Å². The van der Waals surface area contributed by atoms with Crippen LogP contribution in [-0.2, 0) is 4.74 Å². The van der Waals surface area contributed by atoms with Gasteiger partial charge in [-0.3, -0.25) is 4.99 Å². The number of hydrogen-bond donors (Lipinski definition) is 0. The normalized spacial score (nSPS) is 18.1. The van der Waals surface area contributed by atoms with E-state index in [9.17, 15) is 9.18 Å². The number of nitrogens with zero attached hydrogens (tertiary/aromatic N) is 3. The third-order valence-corrected chi connectivity index (χ3v) is 5.13. The van der Waals surface area contributed by atoms with Gasteiger partial charge < -0.3 is 9.30 Å². The molecule has 28 heavy (non-hydrogen) atoms. The van der Waals surface area contributed by atoms with Gasteiger partial charge in [0.25, 0.3) is 0 Å². The highest BCUT2D eigenvalue weighted by atomic mass is 79.9. The van der Waals surface area contributed by atoms with E-state index in [0.717, 1.165) is 10.1 Å². The van der Waals surface area contributed by atoms with Crippen molar-refractivity contribution >= 4 is 33.3 Å². The van der Waals surface area contributed by atoms with Crippen LogP contribution in [0, 0.1) is 5.82 Å².